The number of anilines is 1. The van der Waals surface area contributed by atoms with Crippen molar-refractivity contribution in [1.82, 2.24) is 0 Å². The minimum atomic E-state index is 0. The topological polar surface area (TPSA) is 55.1 Å². The standard InChI is InChI=1S/C16H24N2OS.ClH/c1-10-12-6-2-3-8-14(12)20-16(10)18-15(19)13-7-4-5-11(13)9-17;/h11,13H,2-9,17H2,1H3,(H,18,19);1H/t11-,13-;/m1./s1. The zero-order chi connectivity index (χ0) is 14.1. The smallest absolute Gasteiger partial charge is 0.228 e. The summed E-state index contributed by atoms with van der Waals surface area (Å²) < 4.78 is 0. The maximum atomic E-state index is 12.5. The number of rotatable bonds is 3. The highest BCUT2D eigenvalue weighted by atomic mass is 35.5. The van der Waals surface area contributed by atoms with Crippen molar-refractivity contribution in [3.63, 3.8) is 0 Å². The first kappa shape index (κ1) is 16.8. The van der Waals surface area contributed by atoms with Gasteiger partial charge in [-0.15, -0.1) is 23.7 Å². The molecule has 1 aromatic heterocycles. The SMILES string of the molecule is Cc1c(NC(=O)[C@@H]2CCC[C@@H]2CN)sc2c1CCCC2.Cl. The number of amides is 1. The van der Waals surface area contributed by atoms with E-state index in [-0.39, 0.29) is 24.2 Å². The second kappa shape index (κ2) is 7.12. The van der Waals surface area contributed by atoms with Crippen LogP contribution in [0.2, 0.25) is 0 Å². The lowest BCUT2D eigenvalue weighted by Crippen LogP contribution is -2.29. The predicted molar refractivity (Wildman–Crippen MR) is 91.5 cm³/mol. The van der Waals surface area contributed by atoms with Crippen molar-refractivity contribution in [2.24, 2.45) is 17.6 Å². The molecule has 2 aliphatic rings. The summed E-state index contributed by atoms with van der Waals surface area (Å²) in [5.74, 6) is 0.697. The van der Waals surface area contributed by atoms with E-state index in [1.165, 1.54) is 41.7 Å². The quantitative estimate of drug-likeness (QED) is 0.889. The van der Waals surface area contributed by atoms with Gasteiger partial charge in [0.2, 0.25) is 5.91 Å². The molecule has 3 rings (SSSR count). The molecule has 1 heterocycles. The molecule has 0 saturated heterocycles. The number of hydrogen-bond donors (Lipinski definition) is 2. The van der Waals surface area contributed by atoms with E-state index >= 15 is 0 Å². The number of nitrogens with two attached hydrogens (primary N) is 1. The number of aryl methyl sites for hydroxylation is 1. The van der Waals surface area contributed by atoms with Crippen LogP contribution in [0.1, 0.15) is 48.1 Å². The van der Waals surface area contributed by atoms with Crippen molar-refractivity contribution < 1.29 is 4.79 Å². The van der Waals surface area contributed by atoms with Crippen molar-refractivity contribution >= 4 is 34.7 Å². The predicted octanol–water partition coefficient (Wildman–Crippen LogP) is 3.67. The summed E-state index contributed by atoms with van der Waals surface area (Å²) >= 11 is 1.79. The van der Waals surface area contributed by atoms with Crippen LogP contribution in [-0.4, -0.2) is 12.5 Å². The minimum absolute atomic E-state index is 0. The van der Waals surface area contributed by atoms with E-state index < -0.39 is 0 Å². The summed E-state index contributed by atoms with van der Waals surface area (Å²) in [6.45, 7) is 2.79. The molecular weight excluding hydrogens is 304 g/mol. The molecule has 5 heteroatoms. The van der Waals surface area contributed by atoms with E-state index in [1.54, 1.807) is 11.3 Å². The third kappa shape index (κ3) is 3.27. The molecule has 1 amide bonds. The highest BCUT2D eigenvalue weighted by Crippen LogP contribution is 2.39. The van der Waals surface area contributed by atoms with Gasteiger partial charge < -0.3 is 11.1 Å². The van der Waals surface area contributed by atoms with E-state index in [4.69, 9.17) is 5.73 Å². The fourth-order valence-corrected chi connectivity index (χ4v) is 5.01. The maximum Gasteiger partial charge on any atom is 0.228 e. The Kier molecular flexibility index (Phi) is 5.69. The Labute approximate surface area is 137 Å². The molecular formula is C16H25ClN2OS. The summed E-state index contributed by atoms with van der Waals surface area (Å²) in [6, 6.07) is 0. The third-order valence-corrected chi connectivity index (χ3v) is 6.28. The van der Waals surface area contributed by atoms with Gasteiger partial charge in [0.15, 0.2) is 0 Å². The first-order valence-electron chi connectivity index (χ1n) is 7.82. The van der Waals surface area contributed by atoms with Gasteiger partial charge in [-0.25, -0.2) is 0 Å². The fraction of sp³-hybridized carbons (Fsp3) is 0.688. The molecule has 0 radical (unpaired) electrons. The first-order chi connectivity index (χ1) is 9.70. The van der Waals surface area contributed by atoms with E-state index in [0.717, 1.165) is 24.3 Å². The Hall–Kier alpha value is -0.580. The van der Waals surface area contributed by atoms with E-state index in [1.807, 2.05) is 0 Å². The molecule has 0 bridgehead atoms. The molecule has 0 unspecified atom stereocenters. The summed E-state index contributed by atoms with van der Waals surface area (Å²) in [5, 5.41) is 4.29. The van der Waals surface area contributed by atoms with Crippen LogP contribution in [0.4, 0.5) is 5.00 Å². The molecule has 1 aromatic rings. The van der Waals surface area contributed by atoms with Crippen LogP contribution >= 0.6 is 23.7 Å². The van der Waals surface area contributed by atoms with E-state index in [0.29, 0.717) is 12.5 Å². The molecule has 2 atom stereocenters. The minimum Gasteiger partial charge on any atom is -0.330 e. The van der Waals surface area contributed by atoms with E-state index in [2.05, 4.69) is 12.2 Å². The molecule has 3 nitrogen and oxygen atoms in total. The molecule has 3 N–H and O–H groups in total. The average Bonchev–Trinajstić information content (AvgIpc) is 3.05. The van der Waals surface area contributed by atoms with E-state index in [9.17, 15) is 4.79 Å². The van der Waals surface area contributed by atoms with Crippen LogP contribution in [0.5, 0.6) is 0 Å². The summed E-state index contributed by atoms with van der Waals surface area (Å²) in [5.41, 5.74) is 8.59. The zero-order valence-corrected chi connectivity index (χ0v) is 14.2. The molecule has 1 saturated carbocycles. The molecule has 0 aromatic carbocycles. The number of fused-ring (bicyclic) bond motifs is 1. The fourth-order valence-electron chi connectivity index (χ4n) is 3.71. The number of carbonyl (C=O) groups excluding carboxylic acids is 1. The number of nitrogens with one attached hydrogen (secondary N) is 1. The normalized spacial score (nSPS) is 24.3. The van der Waals surface area contributed by atoms with Crippen molar-refractivity contribution in [3.8, 4) is 0 Å². The summed E-state index contributed by atoms with van der Waals surface area (Å²) in [6.07, 6.45) is 8.19. The number of thiophene rings is 1. The van der Waals surface area contributed by atoms with Crippen LogP contribution < -0.4 is 11.1 Å². The lowest BCUT2D eigenvalue weighted by atomic mass is 9.95. The van der Waals surface area contributed by atoms with Crippen LogP contribution in [-0.2, 0) is 17.6 Å². The average molecular weight is 329 g/mol. The van der Waals surface area contributed by atoms with Crippen molar-refractivity contribution in [2.45, 2.75) is 51.9 Å². The Bertz CT molecular complexity index is 515. The Balaban J connectivity index is 0.00000161. The Morgan fingerprint density at radius 3 is 2.76 bits per heavy atom. The van der Waals surface area contributed by atoms with Crippen LogP contribution in [0.25, 0.3) is 0 Å². The molecule has 21 heavy (non-hydrogen) atoms. The molecule has 1 fully saturated rings. The number of halogens is 1. The van der Waals surface area contributed by atoms with Crippen LogP contribution in [0, 0.1) is 18.8 Å². The number of carbonyl (C=O) groups is 1. The molecule has 2 aliphatic carbocycles. The molecule has 0 spiro atoms. The first-order valence-corrected chi connectivity index (χ1v) is 8.64. The van der Waals surface area contributed by atoms with Gasteiger partial charge >= 0.3 is 0 Å². The Morgan fingerprint density at radius 1 is 1.29 bits per heavy atom. The lowest BCUT2D eigenvalue weighted by Gasteiger charge is -2.17. The van der Waals surface area contributed by atoms with Gasteiger partial charge in [-0.1, -0.05) is 6.42 Å². The maximum absolute atomic E-state index is 12.5. The lowest BCUT2D eigenvalue weighted by molar-refractivity contribution is -0.120. The molecule has 0 aliphatic heterocycles. The zero-order valence-electron chi connectivity index (χ0n) is 12.6. The second-order valence-corrected chi connectivity index (χ2v) is 7.29. The van der Waals surface area contributed by atoms with Gasteiger partial charge in [-0.3, -0.25) is 4.79 Å². The van der Waals surface area contributed by atoms with Gasteiger partial charge in [-0.05, 0) is 69.0 Å². The van der Waals surface area contributed by atoms with Gasteiger partial charge in [0.05, 0.1) is 5.00 Å². The van der Waals surface area contributed by atoms with Crippen molar-refractivity contribution in [2.75, 3.05) is 11.9 Å². The second-order valence-electron chi connectivity index (χ2n) is 6.19. The largest absolute Gasteiger partial charge is 0.330 e. The highest BCUT2D eigenvalue weighted by molar-refractivity contribution is 7.16. The Morgan fingerprint density at radius 2 is 2.05 bits per heavy atom. The van der Waals surface area contributed by atoms with Gasteiger partial charge in [0, 0.05) is 10.8 Å². The number of hydrogen-bond acceptors (Lipinski definition) is 3. The van der Waals surface area contributed by atoms with Gasteiger partial charge in [0.25, 0.3) is 0 Å². The summed E-state index contributed by atoms with van der Waals surface area (Å²) in [4.78, 5) is 14.0. The molecule has 118 valence electrons. The highest BCUT2D eigenvalue weighted by Gasteiger charge is 2.32. The third-order valence-electron chi connectivity index (χ3n) is 4.97. The van der Waals surface area contributed by atoms with Crippen LogP contribution in [0.15, 0.2) is 0 Å². The monoisotopic (exact) mass is 328 g/mol. The van der Waals surface area contributed by atoms with Crippen molar-refractivity contribution in [3.05, 3.63) is 16.0 Å². The summed E-state index contributed by atoms with van der Waals surface area (Å²) in [7, 11) is 0. The van der Waals surface area contributed by atoms with Crippen molar-refractivity contribution in [1.29, 1.82) is 0 Å². The van der Waals surface area contributed by atoms with Gasteiger partial charge in [-0.2, -0.15) is 0 Å². The van der Waals surface area contributed by atoms with Crippen LogP contribution in [0.3, 0.4) is 0 Å². The van der Waals surface area contributed by atoms with Gasteiger partial charge in [0.1, 0.15) is 0 Å².